The quantitative estimate of drug-likeness (QED) is 0.375. The lowest BCUT2D eigenvalue weighted by Crippen LogP contribution is -2.47. The first-order valence-electron chi connectivity index (χ1n) is 10.3. The summed E-state index contributed by atoms with van der Waals surface area (Å²) >= 11 is 2.98. The van der Waals surface area contributed by atoms with Crippen molar-refractivity contribution in [1.29, 1.82) is 0 Å². The Bertz CT molecular complexity index is 1180. The number of carbonyl (C=O) groups is 1. The van der Waals surface area contributed by atoms with Crippen molar-refractivity contribution in [1.82, 2.24) is 14.9 Å². The number of amides is 1. The maximum Gasteiger partial charge on any atom is 0.233 e. The highest BCUT2D eigenvalue weighted by Crippen LogP contribution is 2.31. The zero-order valence-corrected chi connectivity index (χ0v) is 20.0. The highest BCUT2D eigenvalue weighted by Gasteiger charge is 2.36. The van der Waals surface area contributed by atoms with Crippen molar-refractivity contribution in [3.05, 3.63) is 41.8 Å². The molecule has 1 fully saturated rings. The predicted octanol–water partition coefficient (Wildman–Crippen LogP) is 4.26. The van der Waals surface area contributed by atoms with E-state index in [9.17, 15) is 13.2 Å². The highest BCUT2D eigenvalue weighted by molar-refractivity contribution is 8.00. The molecule has 0 unspecified atom stereocenters. The Labute approximate surface area is 191 Å². The van der Waals surface area contributed by atoms with Gasteiger partial charge in [0.1, 0.15) is 5.03 Å². The van der Waals surface area contributed by atoms with Crippen LogP contribution < -0.4 is 0 Å². The number of hydrogen-bond donors (Lipinski definition) is 0. The molecule has 3 heterocycles. The van der Waals surface area contributed by atoms with E-state index in [1.54, 1.807) is 16.2 Å². The molecule has 4 rings (SSSR count). The van der Waals surface area contributed by atoms with E-state index in [0.717, 1.165) is 27.2 Å². The van der Waals surface area contributed by atoms with Gasteiger partial charge in [-0.1, -0.05) is 43.0 Å². The molecule has 1 saturated heterocycles. The maximum atomic E-state index is 13.2. The summed E-state index contributed by atoms with van der Waals surface area (Å²) < 4.78 is 24.0. The van der Waals surface area contributed by atoms with Gasteiger partial charge in [-0.05, 0) is 37.3 Å². The molecule has 0 spiro atoms. The zero-order chi connectivity index (χ0) is 22.0. The van der Waals surface area contributed by atoms with Gasteiger partial charge in [0.05, 0.1) is 27.7 Å². The van der Waals surface area contributed by atoms with Crippen molar-refractivity contribution >= 4 is 49.7 Å². The molecule has 1 amide bonds. The van der Waals surface area contributed by atoms with Crippen molar-refractivity contribution in [3.8, 4) is 10.7 Å². The molecule has 0 aliphatic carbocycles. The number of thiophene rings is 1. The smallest absolute Gasteiger partial charge is 0.233 e. The molecule has 0 radical (unpaired) electrons. The lowest BCUT2D eigenvalue weighted by Gasteiger charge is -2.33. The standard InChI is InChI=1S/C22H25N3O3S3/c1-3-15(2)25(16-10-12-31(27,28)14-16)20(26)13-30-22-17-7-4-5-8-18(17)23-21(24-22)19-9-6-11-29-19/h4-9,11,15-16H,3,10,12-14H2,1-2H3/t15-,16+/m0/s1. The Hall–Kier alpha value is -1.97. The normalized spacial score (nSPS) is 18.8. The van der Waals surface area contributed by atoms with Crippen LogP contribution in [-0.2, 0) is 14.6 Å². The number of hydrogen-bond acceptors (Lipinski definition) is 7. The monoisotopic (exact) mass is 475 g/mol. The number of benzene rings is 1. The second-order valence-corrected chi connectivity index (χ2v) is 11.9. The number of thioether (sulfide) groups is 1. The molecule has 0 N–H and O–H groups in total. The molecule has 2 atom stereocenters. The number of sulfone groups is 1. The Morgan fingerprint density at radius 1 is 1.26 bits per heavy atom. The SMILES string of the molecule is CC[C@H](C)N(C(=O)CSc1nc(-c2cccs2)nc2ccccc12)[C@@H]1CCS(=O)(=O)C1. The van der Waals surface area contributed by atoms with E-state index >= 15 is 0 Å². The molecule has 1 aliphatic heterocycles. The number of para-hydroxylation sites is 1. The van der Waals surface area contributed by atoms with Gasteiger partial charge in [-0.15, -0.1) is 11.3 Å². The summed E-state index contributed by atoms with van der Waals surface area (Å²) in [6.45, 7) is 4.01. The van der Waals surface area contributed by atoms with Crippen LogP contribution in [0.3, 0.4) is 0 Å². The molecule has 3 aromatic rings. The van der Waals surface area contributed by atoms with Crippen LogP contribution in [0, 0.1) is 0 Å². The van der Waals surface area contributed by atoms with Crippen LogP contribution in [0.15, 0.2) is 46.8 Å². The molecule has 31 heavy (non-hydrogen) atoms. The minimum Gasteiger partial charge on any atom is -0.335 e. The summed E-state index contributed by atoms with van der Waals surface area (Å²) in [6, 6.07) is 11.5. The van der Waals surface area contributed by atoms with Crippen molar-refractivity contribution in [2.45, 2.75) is 43.8 Å². The van der Waals surface area contributed by atoms with Gasteiger partial charge in [0.25, 0.3) is 0 Å². The van der Waals surface area contributed by atoms with Crippen molar-refractivity contribution in [3.63, 3.8) is 0 Å². The number of aromatic nitrogens is 2. The maximum absolute atomic E-state index is 13.2. The van der Waals surface area contributed by atoms with Crippen LogP contribution in [0.2, 0.25) is 0 Å². The Morgan fingerprint density at radius 2 is 2.06 bits per heavy atom. The molecule has 164 valence electrons. The molecular weight excluding hydrogens is 450 g/mol. The van der Waals surface area contributed by atoms with Gasteiger partial charge in [-0.3, -0.25) is 4.79 Å². The van der Waals surface area contributed by atoms with Crippen LogP contribution >= 0.6 is 23.1 Å². The summed E-state index contributed by atoms with van der Waals surface area (Å²) in [4.78, 5) is 25.4. The van der Waals surface area contributed by atoms with Crippen LogP contribution in [0.1, 0.15) is 26.7 Å². The predicted molar refractivity (Wildman–Crippen MR) is 127 cm³/mol. The lowest BCUT2D eigenvalue weighted by molar-refractivity contribution is -0.132. The Kier molecular flexibility index (Phi) is 6.64. The first-order chi connectivity index (χ1) is 14.9. The molecule has 9 heteroatoms. The van der Waals surface area contributed by atoms with Crippen LogP contribution in [0.4, 0.5) is 0 Å². The largest absolute Gasteiger partial charge is 0.335 e. The highest BCUT2D eigenvalue weighted by atomic mass is 32.2. The van der Waals surface area contributed by atoms with Crippen molar-refractivity contribution in [2.24, 2.45) is 0 Å². The molecule has 2 aromatic heterocycles. The topological polar surface area (TPSA) is 80.2 Å². The summed E-state index contributed by atoms with van der Waals surface area (Å²) in [5, 5.41) is 3.67. The summed E-state index contributed by atoms with van der Waals surface area (Å²) in [6.07, 6.45) is 1.30. The molecule has 0 bridgehead atoms. The van der Waals surface area contributed by atoms with E-state index in [4.69, 9.17) is 4.98 Å². The van der Waals surface area contributed by atoms with Gasteiger partial charge < -0.3 is 4.90 Å². The minimum atomic E-state index is -3.06. The van der Waals surface area contributed by atoms with Gasteiger partial charge in [-0.25, -0.2) is 18.4 Å². The van der Waals surface area contributed by atoms with Crippen LogP contribution in [0.5, 0.6) is 0 Å². The molecule has 0 saturated carbocycles. The average molecular weight is 476 g/mol. The fraction of sp³-hybridized carbons (Fsp3) is 0.409. The third-order valence-electron chi connectivity index (χ3n) is 5.60. The van der Waals surface area contributed by atoms with Gasteiger partial charge in [0.15, 0.2) is 15.7 Å². The van der Waals surface area contributed by atoms with Gasteiger partial charge in [0.2, 0.25) is 5.91 Å². The van der Waals surface area contributed by atoms with Crippen LogP contribution in [0.25, 0.3) is 21.6 Å². The third kappa shape index (κ3) is 4.94. The lowest BCUT2D eigenvalue weighted by atomic mass is 10.1. The third-order valence-corrected chi connectivity index (χ3v) is 9.19. The van der Waals surface area contributed by atoms with E-state index in [-0.39, 0.29) is 35.2 Å². The van der Waals surface area contributed by atoms with Gasteiger partial charge >= 0.3 is 0 Å². The number of fused-ring (bicyclic) bond motifs is 1. The van der Waals surface area contributed by atoms with E-state index in [0.29, 0.717) is 12.2 Å². The summed E-state index contributed by atoms with van der Waals surface area (Å²) in [7, 11) is -3.06. The summed E-state index contributed by atoms with van der Waals surface area (Å²) in [5.41, 5.74) is 0.844. The first kappa shape index (κ1) is 22.2. The van der Waals surface area contributed by atoms with E-state index in [1.807, 2.05) is 55.6 Å². The number of rotatable bonds is 7. The zero-order valence-electron chi connectivity index (χ0n) is 17.5. The second-order valence-electron chi connectivity index (χ2n) is 7.75. The Morgan fingerprint density at radius 3 is 2.74 bits per heavy atom. The van der Waals surface area contributed by atoms with E-state index < -0.39 is 9.84 Å². The fourth-order valence-electron chi connectivity index (χ4n) is 3.88. The molecule has 1 aliphatic rings. The van der Waals surface area contributed by atoms with Gasteiger partial charge in [-0.2, -0.15) is 0 Å². The fourth-order valence-corrected chi connectivity index (χ4v) is 7.14. The average Bonchev–Trinajstić information content (AvgIpc) is 3.41. The number of nitrogens with zero attached hydrogens (tertiary/aromatic N) is 3. The number of carbonyl (C=O) groups excluding carboxylic acids is 1. The second kappa shape index (κ2) is 9.26. The summed E-state index contributed by atoms with van der Waals surface area (Å²) in [5.74, 6) is 1.05. The first-order valence-corrected chi connectivity index (χ1v) is 14.0. The van der Waals surface area contributed by atoms with Gasteiger partial charge in [0, 0.05) is 17.5 Å². The van der Waals surface area contributed by atoms with Crippen molar-refractivity contribution < 1.29 is 13.2 Å². The van der Waals surface area contributed by atoms with Crippen molar-refractivity contribution in [2.75, 3.05) is 17.3 Å². The molecular formula is C22H25N3O3S3. The van der Waals surface area contributed by atoms with E-state index in [2.05, 4.69) is 4.98 Å². The van der Waals surface area contributed by atoms with E-state index in [1.165, 1.54) is 11.8 Å². The van der Waals surface area contributed by atoms with Crippen LogP contribution in [-0.4, -0.2) is 58.5 Å². The molecule has 1 aromatic carbocycles. The Balaban J connectivity index is 1.59. The molecule has 6 nitrogen and oxygen atoms in total. The minimum absolute atomic E-state index is 0.00442.